The molecule has 0 spiro atoms. The van der Waals surface area contributed by atoms with Crippen LogP contribution in [0.1, 0.15) is 20.8 Å². The standard InChI is InChI=1S/C11H16BrClN2/c1-11(2,3)7-15(4)10-9(13)5-8(12)6-14-10/h5-6H,7H2,1-4H3. The topological polar surface area (TPSA) is 16.1 Å². The molecule has 0 aromatic carbocycles. The molecule has 0 aliphatic rings. The van der Waals surface area contributed by atoms with Crippen LogP contribution in [0, 0.1) is 5.41 Å². The summed E-state index contributed by atoms with van der Waals surface area (Å²) in [6.07, 6.45) is 1.76. The molecule has 4 heteroatoms. The van der Waals surface area contributed by atoms with Crippen molar-refractivity contribution in [2.24, 2.45) is 5.41 Å². The second-order valence-electron chi connectivity index (χ2n) is 4.88. The maximum absolute atomic E-state index is 6.12. The second-order valence-corrected chi connectivity index (χ2v) is 6.20. The molecule has 0 atom stereocenters. The highest BCUT2D eigenvalue weighted by Crippen LogP contribution is 2.27. The van der Waals surface area contributed by atoms with Gasteiger partial charge in [0.05, 0.1) is 5.02 Å². The van der Waals surface area contributed by atoms with E-state index in [-0.39, 0.29) is 5.41 Å². The van der Waals surface area contributed by atoms with E-state index in [1.165, 1.54) is 0 Å². The van der Waals surface area contributed by atoms with Gasteiger partial charge in [-0.25, -0.2) is 4.98 Å². The molecule has 0 fully saturated rings. The van der Waals surface area contributed by atoms with Crippen LogP contribution in [0.4, 0.5) is 5.82 Å². The molecular weight excluding hydrogens is 275 g/mol. The zero-order valence-electron chi connectivity index (χ0n) is 9.51. The maximum atomic E-state index is 6.12. The summed E-state index contributed by atoms with van der Waals surface area (Å²) < 4.78 is 0.903. The van der Waals surface area contributed by atoms with Crippen molar-refractivity contribution in [2.45, 2.75) is 20.8 Å². The van der Waals surface area contributed by atoms with Gasteiger partial charge >= 0.3 is 0 Å². The summed E-state index contributed by atoms with van der Waals surface area (Å²) in [5, 5.41) is 0.677. The van der Waals surface area contributed by atoms with E-state index in [4.69, 9.17) is 11.6 Å². The Labute approximate surface area is 105 Å². The van der Waals surface area contributed by atoms with Crippen molar-refractivity contribution in [3.05, 3.63) is 21.8 Å². The molecule has 1 heterocycles. The zero-order chi connectivity index (χ0) is 11.6. The molecule has 15 heavy (non-hydrogen) atoms. The van der Waals surface area contributed by atoms with Gasteiger partial charge in [0.15, 0.2) is 0 Å². The first-order valence-electron chi connectivity index (χ1n) is 4.82. The Morgan fingerprint density at radius 3 is 2.53 bits per heavy atom. The minimum absolute atomic E-state index is 0.229. The lowest BCUT2D eigenvalue weighted by atomic mass is 9.96. The van der Waals surface area contributed by atoms with Crippen LogP contribution >= 0.6 is 27.5 Å². The van der Waals surface area contributed by atoms with Gasteiger partial charge in [0.25, 0.3) is 0 Å². The van der Waals surface area contributed by atoms with Crippen LogP contribution in [0.5, 0.6) is 0 Å². The van der Waals surface area contributed by atoms with E-state index in [2.05, 4.69) is 46.6 Å². The molecule has 0 bridgehead atoms. The summed E-state index contributed by atoms with van der Waals surface area (Å²) in [5.41, 5.74) is 0.229. The normalized spacial score (nSPS) is 11.6. The lowest BCUT2D eigenvalue weighted by Crippen LogP contribution is -2.29. The number of rotatable bonds is 2. The van der Waals surface area contributed by atoms with Crippen LogP contribution in [0.15, 0.2) is 16.7 Å². The fraction of sp³-hybridized carbons (Fsp3) is 0.545. The van der Waals surface area contributed by atoms with Crippen LogP contribution in [-0.2, 0) is 0 Å². The molecule has 1 rings (SSSR count). The average molecular weight is 292 g/mol. The van der Waals surface area contributed by atoms with E-state index >= 15 is 0 Å². The summed E-state index contributed by atoms with van der Waals surface area (Å²) in [7, 11) is 2.01. The lowest BCUT2D eigenvalue weighted by molar-refractivity contribution is 0.418. The van der Waals surface area contributed by atoms with Gasteiger partial charge in [0, 0.05) is 24.3 Å². The Kier molecular flexibility index (Phi) is 4.01. The van der Waals surface area contributed by atoms with E-state index in [0.29, 0.717) is 5.02 Å². The van der Waals surface area contributed by atoms with Crippen molar-refractivity contribution < 1.29 is 0 Å². The number of hydrogen-bond acceptors (Lipinski definition) is 2. The van der Waals surface area contributed by atoms with Crippen LogP contribution in [0.2, 0.25) is 5.02 Å². The maximum Gasteiger partial charge on any atom is 0.147 e. The average Bonchev–Trinajstić information content (AvgIpc) is 1.99. The van der Waals surface area contributed by atoms with Gasteiger partial charge in [-0.15, -0.1) is 0 Å². The minimum Gasteiger partial charge on any atom is -0.358 e. The highest BCUT2D eigenvalue weighted by molar-refractivity contribution is 9.10. The van der Waals surface area contributed by atoms with Crippen molar-refractivity contribution in [3.63, 3.8) is 0 Å². The molecule has 0 unspecified atom stereocenters. The van der Waals surface area contributed by atoms with Gasteiger partial charge in [-0.1, -0.05) is 32.4 Å². The second kappa shape index (κ2) is 4.71. The van der Waals surface area contributed by atoms with E-state index < -0.39 is 0 Å². The molecule has 0 amide bonds. The quantitative estimate of drug-likeness (QED) is 0.819. The minimum atomic E-state index is 0.229. The first-order valence-corrected chi connectivity index (χ1v) is 5.99. The van der Waals surface area contributed by atoms with E-state index in [1.54, 1.807) is 6.20 Å². The smallest absolute Gasteiger partial charge is 0.147 e. The summed E-state index contributed by atoms with van der Waals surface area (Å²) in [5.74, 6) is 0.829. The molecule has 0 radical (unpaired) electrons. The summed E-state index contributed by atoms with van der Waals surface area (Å²) in [6, 6.07) is 1.86. The highest BCUT2D eigenvalue weighted by atomic mass is 79.9. The largest absolute Gasteiger partial charge is 0.358 e. The van der Waals surface area contributed by atoms with Gasteiger partial charge in [-0.2, -0.15) is 0 Å². The van der Waals surface area contributed by atoms with Gasteiger partial charge in [-0.3, -0.25) is 0 Å². The summed E-state index contributed by atoms with van der Waals surface area (Å²) in [4.78, 5) is 6.39. The Balaban J connectivity index is 2.87. The number of anilines is 1. The third-order valence-corrected chi connectivity index (χ3v) is 2.57. The Bertz CT molecular complexity index is 347. The van der Waals surface area contributed by atoms with E-state index in [1.807, 2.05) is 13.1 Å². The van der Waals surface area contributed by atoms with Crippen LogP contribution in [-0.4, -0.2) is 18.6 Å². The molecule has 84 valence electrons. The van der Waals surface area contributed by atoms with Gasteiger partial charge in [0.2, 0.25) is 0 Å². The molecule has 0 aliphatic heterocycles. The predicted molar refractivity (Wildman–Crippen MR) is 69.7 cm³/mol. The van der Waals surface area contributed by atoms with Crippen molar-refractivity contribution in [1.29, 1.82) is 0 Å². The Hall–Kier alpha value is -0.280. The molecule has 1 aromatic rings. The van der Waals surface area contributed by atoms with Crippen LogP contribution in [0.25, 0.3) is 0 Å². The van der Waals surface area contributed by atoms with Crippen LogP contribution < -0.4 is 4.90 Å². The Morgan fingerprint density at radius 2 is 2.07 bits per heavy atom. The molecule has 0 aliphatic carbocycles. The number of aromatic nitrogens is 1. The Morgan fingerprint density at radius 1 is 1.47 bits per heavy atom. The first-order chi connectivity index (χ1) is 6.79. The zero-order valence-corrected chi connectivity index (χ0v) is 11.9. The fourth-order valence-electron chi connectivity index (χ4n) is 1.47. The van der Waals surface area contributed by atoms with Crippen molar-refractivity contribution in [3.8, 4) is 0 Å². The molecule has 0 saturated heterocycles. The van der Waals surface area contributed by atoms with Gasteiger partial charge in [0.1, 0.15) is 5.82 Å². The van der Waals surface area contributed by atoms with Gasteiger partial charge < -0.3 is 4.90 Å². The van der Waals surface area contributed by atoms with Gasteiger partial charge in [-0.05, 0) is 27.4 Å². The SMILES string of the molecule is CN(CC(C)(C)C)c1ncc(Br)cc1Cl. The fourth-order valence-corrected chi connectivity index (χ4v) is 2.25. The first kappa shape index (κ1) is 12.8. The third-order valence-electron chi connectivity index (χ3n) is 1.86. The third kappa shape index (κ3) is 3.99. The molecular formula is C11H16BrClN2. The molecule has 2 nitrogen and oxygen atoms in total. The number of hydrogen-bond donors (Lipinski definition) is 0. The monoisotopic (exact) mass is 290 g/mol. The highest BCUT2D eigenvalue weighted by Gasteiger charge is 2.16. The van der Waals surface area contributed by atoms with Crippen LogP contribution in [0.3, 0.4) is 0 Å². The van der Waals surface area contributed by atoms with E-state index in [9.17, 15) is 0 Å². The summed E-state index contributed by atoms with van der Waals surface area (Å²) in [6.45, 7) is 7.49. The predicted octanol–water partition coefficient (Wildman–Crippen LogP) is 3.98. The number of halogens is 2. The number of nitrogens with zero attached hydrogens (tertiary/aromatic N) is 2. The lowest BCUT2D eigenvalue weighted by Gasteiger charge is -2.27. The summed E-state index contributed by atoms with van der Waals surface area (Å²) >= 11 is 9.46. The van der Waals surface area contributed by atoms with Crippen molar-refractivity contribution >= 4 is 33.3 Å². The molecule has 0 N–H and O–H groups in total. The van der Waals surface area contributed by atoms with Crippen molar-refractivity contribution in [2.75, 3.05) is 18.5 Å². The number of pyridine rings is 1. The van der Waals surface area contributed by atoms with E-state index in [0.717, 1.165) is 16.8 Å². The molecule has 1 aromatic heterocycles. The molecule has 0 saturated carbocycles. The van der Waals surface area contributed by atoms with Crippen molar-refractivity contribution in [1.82, 2.24) is 4.98 Å².